The van der Waals surface area contributed by atoms with E-state index in [1.54, 1.807) is 6.08 Å². The van der Waals surface area contributed by atoms with Crippen LogP contribution < -0.4 is 0 Å². The number of nitrogens with zero attached hydrogens (tertiary/aromatic N) is 5. The molecule has 0 saturated carbocycles. The molecule has 2 aromatic heterocycles. The van der Waals surface area contributed by atoms with Crippen LogP contribution in [-0.4, -0.2) is 82.2 Å². The highest BCUT2D eigenvalue weighted by atomic mass is 32.2. The normalized spacial score (nSPS) is 21.8. The van der Waals surface area contributed by atoms with E-state index in [2.05, 4.69) is 48.3 Å². The van der Waals surface area contributed by atoms with Crippen LogP contribution in [0.4, 0.5) is 0 Å². The van der Waals surface area contributed by atoms with Crippen LogP contribution >= 0.6 is 0 Å². The van der Waals surface area contributed by atoms with E-state index in [0.29, 0.717) is 19.5 Å². The topological polar surface area (TPSA) is 80.4 Å². The lowest BCUT2D eigenvalue weighted by molar-refractivity contribution is -0.127. The summed E-state index contributed by atoms with van der Waals surface area (Å²) in [5.41, 5.74) is 3.18. The number of aryl methyl sites for hydroxylation is 1. The Kier molecular flexibility index (Phi) is 6.31. The van der Waals surface area contributed by atoms with Gasteiger partial charge in [-0.3, -0.25) is 9.69 Å². The number of aromatic nitrogens is 3. The van der Waals surface area contributed by atoms with Crippen LogP contribution in [0.25, 0.3) is 11.9 Å². The molecule has 2 aliphatic heterocycles. The minimum atomic E-state index is -2.88. The van der Waals surface area contributed by atoms with Gasteiger partial charge in [0.2, 0.25) is 5.91 Å². The highest BCUT2D eigenvalue weighted by Crippen LogP contribution is 2.24. The number of hydrogen-bond donors (Lipinski definition) is 0. The maximum absolute atomic E-state index is 12.8. The monoisotopic (exact) mass is 459 g/mol. The Labute approximate surface area is 190 Å². The minimum Gasteiger partial charge on any atom is -0.337 e. The van der Waals surface area contributed by atoms with Crippen molar-refractivity contribution in [1.29, 1.82) is 0 Å². The molecule has 1 atom stereocenters. The zero-order chi connectivity index (χ0) is 23.0. The molecule has 0 N–H and O–H groups in total. The Hall–Kier alpha value is -2.39. The zero-order valence-corrected chi connectivity index (χ0v) is 20.2. The van der Waals surface area contributed by atoms with E-state index < -0.39 is 9.84 Å². The lowest BCUT2D eigenvalue weighted by atomic mass is 10.2. The van der Waals surface area contributed by atoms with Crippen molar-refractivity contribution in [2.45, 2.75) is 46.2 Å². The van der Waals surface area contributed by atoms with Crippen molar-refractivity contribution in [3.8, 4) is 5.82 Å². The molecule has 9 heteroatoms. The van der Waals surface area contributed by atoms with Gasteiger partial charge in [0.25, 0.3) is 0 Å². The van der Waals surface area contributed by atoms with E-state index in [-0.39, 0.29) is 29.5 Å². The average Bonchev–Trinajstić information content (AvgIpc) is 3.43. The largest absolute Gasteiger partial charge is 0.337 e. The molecule has 2 saturated heterocycles. The van der Waals surface area contributed by atoms with E-state index in [1.165, 1.54) is 0 Å². The second-order valence-electron chi connectivity index (χ2n) is 9.14. The summed E-state index contributed by atoms with van der Waals surface area (Å²) >= 11 is 0. The van der Waals surface area contributed by atoms with Crippen molar-refractivity contribution < 1.29 is 13.2 Å². The Morgan fingerprint density at radius 3 is 2.53 bits per heavy atom. The summed E-state index contributed by atoms with van der Waals surface area (Å²) in [6, 6.07) is 4.46. The fourth-order valence-corrected chi connectivity index (χ4v) is 6.59. The smallest absolute Gasteiger partial charge is 0.246 e. The summed E-state index contributed by atoms with van der Waals surface area (Å²) in [4.78, 5) is 16.9. The summed E-state index contributed by atoms with van der Waals surface area (Å²) in [6.45, 7) is 11.1. The molecule has 32 heavy (non-hydrogen) atoms. The van der Waals surface area contributed by atoms with Crippen molar-refractivity contribution in [1.82, 2.24) is 24.1 Å². The van der Waals surface area contributed by atoms with E-state index in [9.17, 15) is 13.2 Å². The predicted molar refractivity (Wildman–Crippen MR) is 126 cm³/mol. The van der Waals surface area contributed by atoms with Gasteiger partial charge in [-0.15, -0.1) is 0 Å². The second-order valence-corrected chi connectivity index (χ2v) is 11.4. The third kappa shape index (κ3) is 4.54. The van der Waals surface area contributed by atoms with E-state index >= 15 is 0 Å². The van der Waals surface area contributed by atoms with Gasteiger partial charge in [-0.25, -0.2) is 13.1 Å². The van der Waals surface area contributed by atoms with Crippen molar-refractivity contribution >= 4 is 21.8 Å². The van der Waals surface area contributed by atoms with E-state index in [0.717, 1.165) is 35.9 Å². The van der Waals surface area contributed by atoms with Gasteiger partial charge in [0.05, 0.1) is 17.7 Å². The number of rotatable bonds is 5. The quantitative estimate of drug-likeness (QED) is 0.641. The van der Waals surface area contributed by atoms with Gasteiger partial charge >= 0.3 is 0 Å². The zero-order valence-electron chi connectivity index (χ0n) is 19.4. The summed E-state index contributed by atoms with van der Waals surface area (Å²) in [6.07, 6.45) is 6.07. The molecule has 4 heterocycles. The highest BCUT2D eigenvalue weighted by Gasteiger charge is 2.34. The van der Waals surface area contributed by atoms with Crippen LogP contribution in [0.15, 0.2) is 24.4 Å². The van der Waals surface area contributed by atoms with Crippen LogP contribution in [0.2, 0.25) is 0 Å². The Morgan fingerprint density at radius 1 is 1.19 bits per heavy atom. The van der Waals surface area contributed by atoms with Crippen molar-refractivity contribution in [3.05, 3.63) is 41.4 Å². The van der Waals surface area contributed by atoms with Gasteiger partial charge in [0.1, 0.15) is 5.82 Å². The number of carbonyl (C=O) groups is 1. The summed E-state index contributed by atoms with van der Waals surface area (Å²) in [5.74, 6) is 1.56. The Bertz CT molecular complexity index is 1120. The Balaban J connectivity index is 1.41. The number of piperazine rings is 1. The molecular formula is C23H33N5O3S. The molecular weight excluding hydrogens is 426 g/mol. The SMILES string of the molecule is Cc1cc(C=CC(=O)N2CCN(C3CCS(=O)(=O)C3)CC2)c(C)n1-c1ccnn1C(C)C. The van der Waals surface area contributed by atoms with Gasteiger partial charge in [-0.2, -0.15) is 5.10 Å². The molecule has 0 radical (unpaired) electrons. The van der Waals surface area contributed by atoms with Crippen molar-refractivity contribution in [3.63, 3.8) is 0 Å². The van der Waals surface area contributed by atoms with Crippen molar-refractivity contribution in [2.24, 2.45) is 0 Å². The fraction of sp³-hybridized carbons (Fsp3) is 0.565. The molecule has 1 unspecified atom stereocenters. The lowest BCUT2D eigenvalue weighted by Crippen LogP contribution is -2.52. The minimum absolute atomic E-state index is 0.000666. The van der Waals surface area contributed by atoms with Gasteiger partial charge in [0, 0.05) is 61.8 Å². The molecule has 0 bridgehead atoms. The average molecular weight is 460 g/mol. The molecule has 2 aromatic rings. The Morgan fingerprint density at radius 2 is 1.91 bits per heavy atom. The number of sulfone groups is 1. The van der Waals surface area contributed by atoms with Crippen LogP contribution in [0.1, 0.15) is 43.3 Å². The molecule has 2 aliphatic rings. The summed E-state index contributed by atoms with van der Waals surface area (Å²) in [7, 11) is -2.88. The number of amides is 1. The van der Waals surface area contributed by atoms with E-state index in [4.69, 9.17) is 0 Å². The molecule has 2 fully saturated rings. The molecule has 1 amide bonds. The number of hydrogen-bond acceptors (Lipinski definition) is 5. The van der Waals surface area contributed by atoms with Crippen LogP contribution in [0.3, 0.4) is 0 Å². The maximum atomic E-state index is 12.8. The molecule has 0 aromatic carbocycles. The summed E-state index contributed by atoms with van der Waals surface area (Å²) in [5, 5.41) is 4.44. The highest BCUT2D eigenvalue weighted by molar-refractivity contribution is 7.91. The van der Waals surface area contributed by atoms with Crippen LogP contribution in [0, 0.1) is 13.8 Å². The third-order valence-corrected chi connectivity index (χ3v) is 8.34. The number of carbonyl (C=O) groups excluding carboxylic acids is 1. The first-order valence-electron chi connectivity index (χ1n) is 11.3. The van der Waals surface area contributed by atoms with Gasteiger partial charge < -0.3 is 9.47 Å². The molecule has 8 nitrogen and oxygen atoms in total. The predicted octanol–water partition coefficient (Wildman–Crippen LogP) is 2.22. The summed E-state index contributed by atoms with van der Waals surface area (Å²) < 4.78 is 27.7. The van der Waals surface area contributed by atoms with Crippen LogP contribution in [0.5, 0.6) is 0 Å². The van der Waals surface area contributed by atoms with Crippen LogP contribution in [-0.2, 0) is 14.6 Å². The first-order valence-corrected chi connectivity index (χ1v) is 13.1. The molecule has 174 valence electrons. The third-order valence-electron chi connectivity index (χ3n) is 6.59. The first kappa shape index (κ1) is 22.8. The van der Waals surface area contributed by atoms with Gasteiger partial charge in [-0.05, 0) is 51.8 Å². The standard InChI is InChI=1S/C23H33N5O3S/c1-17(2)28-22(7-9-24-28)27-18(3)15-20(19(27)4)5-6-23(29)26-12-10-25(11-13-26)21-8-14-32(30,31)16-21/h5-7,9,15,17,21H,8,10-14,16H2,1-4H3. The molecule has 0 spiro atoms. The van der Waals surface area contributed by atoms with Crippen molar-refractivity contribution in [2.75, 3.05) is 37.7 Å². The lowest BCUT2D eigenvalue weighted by Gasteiger charge is -2.37. The second kappa shape index (κ2) is 8.86. The molecule has 0 aliphatic carbocycles. The van der Waals surface area contributed by atoms with E-state index in [1.807, 2.05) is 27.9 Å². The maximum Gasteiger partial charge on any atom is 0.246 e. The van der Waals surface area contributed by atoms with Gasteiger partial charge in [-0.1, -0.05) is 0 Å². The molecule has 4 rings (SSSR count). The van der Waals surface area contributed by atoms with Gasteiger partial charge in [0.15, 0.2) is 9.84 Å². The fourth-order valence-electron chi connectivity index (χ4n) is 4.83. The first-order chi connectivity index (χ1) is 15.2.